The minimum Gasteiger partial charge on any atom is -0.353 e. The van der Waals surface area contributed by atoms with Gasteiger partial charge in [-0.05, 0) is 25.0 Å². The molecule has 0 bridgehead atoms. The number of hydrogen-bond acceptors (Lipinski definition) is 2. The molecule has 0 aromatic heterocycles. The molecule has 126 valence electrons. The Balaban J connectivity index is 1.97. The van der Waals surface area contributed by atoms with E-state index in [2.05, 4.69) is 5.32 Å². The Morgan fingerprint density at radius 1 is 1.26 bits per heavy atom. The zero-order valence-corrected chi connectivity index (χ0v) is 14.4. The molecule has 0 atom stereocenters. The average molecular weight is 341 g/mol. The SMILES string of the molecule is CC(C)(C)C(=O)NC1CCN(C(=O)c2c(F)cccc2Cl)CC1. The molecule has 0 radical (unpaired) electrons. The minimum absolute atomic E-state index is 0.000533. The monoisotopic (exact) mass is 340 g/mol. The van der Waals surface area contributed by atoms with Crippen LogP contribution in [0.25, 0.3) is 0 Å². The molecule has 6 heteroatoms. The predicted octanol–water partition coefficient (Wildman–Crippen LogP) is 3.25. The van der Waals surface area contributed by atoms with Gasteiger partial charge in [0.25, 0.3) is 5.91 Å². The summed E-state index contributed by atoms with van der Waals surface area (Å²) in [5.74, 6) is -1.00. The lowest BCUT2D eigenvalue weighted by atomic mass is 9.94. The van der Waals surface area contributed by atoms with Crippen molar-refractivity contribution in [1.29, 1.82) is 0 Å². The maximum absolute atomic E-state index is 13.8. The molecular weight excluding hydrogens is 319 g/mol. The van der Waals surface area contributed by atoms with E-state index >= 15 is 0 Å². The van der Waals surface area contributed by atoms with Crippen LogP contribution in [-0.4, -0.2) is 35.8 Å². The first-order valence-corrected chi connectivity index (χ1v) is 8.12. The topological polar surface area (TPSA) is 49.4 Å². The van der Waals surface area contributed by atoms with E-state index in [1.165, 1.54) is 18.2 Å². The molecule has 1 aliphatic heterocycles. The zero-order chi connectivity index (χ0) is 17.2. The number of benzene rings is 1. The number of likely N-dealkylation sites (tertiary alicyclic amines) is 1. The lowest BCUT2D eigenvalue weighted by Gasteiger charge is -2.34. The summed E-state index contributed by atoms with van der Waals surface area (Å²) in [6, 6.07) is 4.26. The molecule has 0 aliphatic carbocycles. The van der Waals surface area contributed by atoms with Gasteiger partial charge in [-0.3, -0.25) is 9.59 Å². The lowest BCUT2D eigenvalue weighted by Crippen LogP contribution is -2.49. The lowest BCUT2D eigenvalue weighted by molar-refractivity contribution is -0.129. The Morgan fingerprint density at radius 3 is 2.39 bits per heavy atom. The van der Waals surface area contributed by atoms with Crippen molar-refractivity contribution in [3.8, 4) is 0 Å². The number of hydrogen-bond donors (Lipinski definition) is 1. The molecule has 0 saturated carbocycles. The first kappa shape index (κ1) is 17.7. The van der Waals surface area contributed by atoms with Gasteiger partial charge in [0.15, 0.2) is 0 Å². The largest absolute Gasteiger partial charge is 0.353 e. The van der Waals surface area contributed by atoms with Gasteiger partial charge in [-0.1, -0.05) is 38.4 Å². The van der Waals surface area contributed by atoms with E-state index in [1.807, 2.05) is 20.8 Å². The molecule has 2 rings (SSSR count). The van der Waals surface area contributed by atoms with Crippen LogP contribution in [-0.2, 0) is 4.79 Å². The number of carbonyl (C=O) groups excluding carboxylic acids is 2. The first-order valence-electron chi connectivity index (χ1n) is 7.74. The highest BCUT2D eigenvalue weighted by molar-refractivity contribution is 6.33. The third kappa shape index (κ3) is 4.22. The molecule has 4 nitrogen and oxygen atoms in total. The van der Waals surface area contributed by atoms with E-state index in [0.717, 1.165) is 0 Å². The van der Waals surface area contributed by atoms with Crippen molar-refractivity contribution < 1.29 is 14.0 Å². The van der Waals surface area contributed by atoms with E-state index in [1.54, 1.807) is 4.90 Å². The van der Waals surface area contributed by atoms with Gasteiger partial charge in [0.1, 0.15) is 5.82 Å². The van der Waals surface area contributed by atoms with Crippen molar-refractivity contribution >= 4 is 23.4 Å². The van der Waals surface area contributed by atoms with Gasteiger partial charge in [-0.2, -0.15) is 0 Å². The number of nitrogens with one attached hydrogen (secondary N) is 1. The van der Waals surface area contributed by atoms with Crippen LogP contribution in [0.3, 0.4) is 0 Å². The third-order valence-corrected chi connectivity index (χ3v) is 4.29. The van der Waals surface area contributed by atoms with Crippen LogP contribution in [0.15, 0.2) is 18.2 Å². The van der Waals surface area contributed by atoms with Crippen molar-refractivity contribution in [3.63, 3.8) is 0 Å². The molecule has 1 saturated heterocycles. The van der Waals surface area contributed by atoms with Gasteiger partial charge in [-0.25, -0.2) is 4.39 Å². The summed E-state index contributed by atoms with van der Waals surface area (Å²) in [6.07, 6.45) is 1.30. The van der Waals surface area contributed by atoms with Crippen LogP contribution in [0.4, 0.5) is 4.39 Å². The smallest absolute Gasteiger partial charge is 0.258 e. The van der Waals surface area contributed by atoms with Gasteiger partial charge in [0, 0.05) is 24.5 Å². The van der Waals surface area contributed by atoms with Crippen molar-refractivity contribution in [2.24, 2.45) is 5.41 Å². The first-order chi connectivity index (χ1) is 10.7. The van der Waals surface area contributed by atoms with Crippen LogP contribution in [0.1, 0.15) is 44.0 Å². The summed E-state index contributed by atoms with van der Waals surface area (Å²) in [5, 5.41) is 3.13. The number of rotatable bonds is 2. The summed E-state index contributed by atoms with van der Waals surface area (Å²) in [6.45, 7) is 6.53. The van der Waals surface area contributed by atoms with Gasteiger partial charge in [-0.15, -0.1) is 0 Å². The average Bonchev–Trinajstić information content (AvgIpc) is 2.46. The number of halogens is 2. The normalized spacial score (nSPS) is 16.3. The molecule has 1 heterocycles. The second kappa shape index (κ2) is 6.87. The Labute approximate surface area is 141 Å². The zero-order valence-electron chi connectivity index (χ0n) is 13.7. The predicted molar refractivity (Wildman–Crippen MR) is 87.9 cm³/mol. The van der Waals surface area contributed by atoms with Crippen LogP contribution < -0.4 is 5.32 Å². The third-order valence-electron chi connectivity index (χ3n) is 3.98. The summed E-state index contributed by atoms with van der Waals surface area (Å²) < 4.78 is 13.8. The number of piperidine rings is 1. The summed E-state index contributed by atoms with van der Waals surface area (Å²) in [5.41, 5.74) is -0.514. The van der Waals surface area contributed by atoms with E-state index in [0.29, 0.717) is 25.9 Å². The van der Waals surface area contributed by atoms with Crippen molar-refractivity contribution in [2.45, 2.75) is 39.7 Å². The fraction of sp³-hybridized carbons (Fsp3) is 0.529. The molecule has 23 heavy (non-hydrogen) atoms. The highest BCUT2D eigenvalue weighted by Gasteiger charge is 2.29. The maximum Gasteiger partial charge on any atom is 0.258 e. The van der Waals surface area contributed by atoms with Gasteiger partial charge in [0.05, 0.1) is 10.6 Å². The molecule has 0 unspecified atom stereocenters. The molecule has 1 aliphatic rings. The van der Waals surface area contributed by atoms with Crippen LogP contribution in [0.2, 0.25) is 5.02 Å². The Hall–Kier alpha value is -1.62. The highest BCUT2D eigenvalue weighted by atomic mass is 35.5. The molecule has 1 aromatic rings. The van der Waals surface area contributed by atoms with Crippen molar-refractivity contribution in [2.75, 3.05) is 13.1 Å². The van der Waals surface area contributed by atoms with Gasteiger partial charge in [0.2, 0.25) is 5.91 Å². The van der Waals surface area contributed by atoms with Crippen LogP contribution in [0.5, 0.6) is 0 Å². The quantitative estimate of drug-likeness (QED) is 0.898. The van der Waals surface area contributed by atoms with E-state index in [4.69, 9.17) is 11.6 Å². The molecule has 1 fully saturated rings. The summed E-state index contributed by atoms with van der Waals surface area (Å²) in [7, 11) is 0. The van der Waals surface area contributed by atoms with E-state index in [-0.39, 0.29) is 22.5 Å². The van der Waals surface area contributed by atoms with Crippen LogP contribution in [0, 0.1) is 11.2 Å². The number of carbonyl (C=O) groups is 2. The van der Waals surface area contributed by atoms with Gasteiger partial charge < -0.3 is 10.2 Å². The molecule has 1 aromatic carbocycles. The molecule has 1 N–H and O–H groups in total. The van der Waals surface area contributed by atoms with Crippen molar-refractivity contribution in [3.05, 3.63) is 34.6 Å². The van der Waals surface area contributed by atoms with E-state index in [9.17, 15) is 14.0 Å². The number of nitrogens with zero attached hydrogens (tertiary/aromatic N) is 1. The Bertz CT molecular complexity index is 585. The standard InChI is InChI=1S/C17H22ClFN2O2/c1-17(2,3)16(23)20-11-7-9-21(10-8-11)15(22)14-12(18)5-4-6-13(14)19/h4-6,11H,7-10H2,1-3H3,(H,20,23). The Morgan fingerprint density at radius 2 is 1.87 bits per heavy atom. The fourth-order valence-electron chi connectivity index (χ4n) is 2.49. The second-order valence-electron chi connectivity index (χ2n) is 6.89. The van der Waals surface area contributed by atoms with E-state index < -0.39 is 17.1 Å². The number of amides is 2. The molecule has 0 spiro atoms. The Kier molecular flexibility index (Phi) is 5.30. The second-order valence-corrected chi connectivity index (χ2v) is 7.29. The van der Waals surface area contributed by atoms with Crippen LogP contribution >= 0.6 is 11.6 Å². The summed E-state index contributed by atoms with van der Waals surface area (Å²) >= 11 is 5.95. The van der Waals surface area contributed by atoms with Gasteiger partial charge >= 0.3 is 0 Å². The fourth-order valence-corrected chi connectivity index (χ4v) is 2.73. The van der Waals surface area contributed by atoms with Crippen molar-refractivity contribution in [1.82, 2.24) is 10.2 Å². The molecular formula is C17H22ClFN2O2. The molecule has 2 amide bonds. The summed E-state index contributed by atoms with van der Waals surface area (Å²) in [4.78, 5) is 26.0. The maximum atomic E-state index is 13.8. The highest BCUT2D eigenvalue weighted by Crippen LogP contribution is 2.23. The minimum atomic E-state index is -0.606.